The number of rotatable bonds is 4. The van der Waals surface area contributed by atoms with Crippen molar-refractivity contribution >= 4 is 11.6 Å². The number of para-hydroxylation sites is 2. The molecule has 6 nitrogen and oxygen atoms in total. The maximum Gasteiger partial charge on any atom is 0.281 e. The topological polar surface area (TPSA) is 88.0 Å². The Kier molecular flexibility index (Phi) is 4.21. The van der Waals surface area contributed by atoms with E-state index in [4.69, 9.17) is 9.84 Å². The van der Waals surface area contributed by atoms with Crippen LogP contribution >= 0.6 is 0 Å². The molecule has 1 aromatic rings. The van der Waals surface area contributed by atoms with Gasteiger partial charge in [0.15, 0.2) is 0 Å². The molecule has 17 heavy (non-hydrogen) atoms. The number of allylic oxidation sites excluding steroid dienone is 1. The summed E-state index contributed by atoms with van der Waals surface area (Å²) in [5.74, 6) is -0.779. The van der Waals surface area contributed by atoms with Gasteiger partial charge in [0.1, 0.15) is 11.5 Å². The van der Waals surface area contributed by atoms with E-state index in [1.165, 1.54) is 14.0 Å². The number of aliphatic hydroxyl groups is 1. The smallest absolute Gasteiger partial charge is 0.281 e. The molecule has 90 valence electrons. The van der Waals surface area contributed by atoms with E-state index in [-0.39, 0.29) is 0 Å². The average molecular weight is 236 g/mol. The molecule has 0 saturated carbocycles. The van der Waals surface area contributed by atoms with Crippen molar-refractivity contribution < 1.29 is 14.6 Å². The number of hydrogen-bond acceptors (Lipinski definition) is 5. The quantitative estimate of drug-likeness (QED) is 0.476. The van der Waals surface area contributed by atoms with Crippen molar-refractivity contribution in [1.29, 1.82) is 0 Å². The minimum Gasteiger partial charge on any atom is -0.510 e. The molecule has 0 bridgehead atoms. The fraction of sp³-hybridized carbons (Fsp3) is 0.182. The Labute approximate surface area is 97.9 Å². The Bertz CT molecular complexity index is 464. The lowest BCUT2D eigenvalue weighted by Crippen LogP contribution is -2.15. The number of methoxy groups -OCH3 is 1. The normalized spacial score (nSPS) is 11.4. The first-order valence-electron chi connectivity index (χ1n) is 4.77. The number of anilines is 1. The zero-order valence-corrected chi connectivity index (χ0v) is 9.43. The van der Waals surface area contributed by atoms with Gasteiger partial charge in [0, 0.05) is 0 Å². The number of aliphatic hydroxyl groups excluding tert-OH is 1. The third kappa shape index (κ3) is 3.04. The number of nitrogens with one attached hydrogen (secondary N) is 1. The van der Waals surface area contributed by atoms with Gasteiger partial charge in [-0.3, -0.25) is 4.79 Å². The summed E-state index contributed by atoms with van der Waals surface area (Å²) in [4.78, 5) is 21.9. The summed E-state index contributed by atoms with van der Waals surface area (Å²) in [6.45, 7) is 1.21. The predicted octanol–water partition coefficient (Wildman–Crippen LogP) is 2.19. The SMILES string of the molecule is COc1ccccc1NC(=O)C(N=O)=C(C)O. The van der Waals surface area contributed by atoms with E-state index in [0.717, 1.165) is 0 Å². The second-order valence-electron chi connectivity index (χ2n) is 3.18. The summed E-state index contributed by atoms with van der Waals surface area (Å²) >= 11 is 0. The molecule has 0 aliphatic carbocycles. The highest BCUT2D eigenvalue weighted by Gasteiger charge is 2.15. The molecule has 0 fully saturated rings. The lowest BCUT2D eigenvalue weighted by Gasteiger charge is -2.09. The number of amides is 1. The molecular weight excluding hydrogens is 224 g/mol. The summed E-state index contributed by atoms with van der Waals surface area (Å²) in [6.07, 6.45) is 0. The Morgan fingerprint density at radius 2 is 2.06 bits per heavy atom. The summed E-state index contributed by atoms with van der Waals surface area (Å²) in [6, 6.07) is 6.69. The maximum absolute atomic E-state index is 11.6. The van der Waals surface area contributed by atoms with E-state index >= 15 is 0 Å². The highest BCUT2D eigenvalue weighted by atomic mass is 16.5. The zero-order chi connectivity index (χ0) is 12.8. The third-order valence-corrected chi connectivity index (χ3v) is 2.00. The first kappa shape index (κ1) is 12.7. The second kappa shape index (κ2) is 5.64. The van der Waals surface area contributed by atoms with Crippen LogP contribution in [0.3, 0.4) is 0 Å². The Hall–Kier alpha value is -2.37. The van der Waals surface area contributed by atoms with Gasteiger partial charge in [-0.2, -0.15) is 0 Å². The first-order valence-corrected chi connectivity index (χ1v) is 4.77. The molecule has 0 aliphatic heterocycles. The molecule has 0 unspecified atom stereocenters. The molecule has 0 aliphatic rings. The molecule has 0 aromatic heterocycles. The van der Waals surface area contributed by atoms with Crippen LogP contribution in [0.25, 0.3) is 0 Å². The molecule has 0 spiro atoms. The number of ether oxygens (including phenoxy) is 1. The van der Waals surface area contributed by atoms with Gasteiger partial charge >= 0.3 is 0 Å². The predicted molar refractivity (Wildman–Crippen MR) is 62.7 cm³/mol. The summed E-state index contributed by atoms with van der Waals surface area (Å²) < 4.78 is 5.02. The highest BCUT2D eigenvalue weighted by Crippen LogP contribution is 2.23. The molecule has 1 amide bonds. The largest absolute Gasteiger partial charge is 0.510 e. The second-order valence-corrected chi connectivity index (χ2v) is 3.18. The molecule has 0 saturated heterocycles. The molecule has 0 radical (unpaired) electrons. The number of benzene rings is 1. The molecular formula is C11H12N2O4. The van der Waals surface area contributed by atoms with Crippen molar-refractivity contribution in [2.75, 3.05) is 12.4 Å². The minimum atomic E-state index is -0.788. The Balaban J connectivity index is 2.96. The number of nitrogens with zero attached hydrogens (tertiary/aromatic N) is 1. The van der Waals surface area contributed by atoms with Crippen molar-refractivity contribution in [2.24, 2.45) is 5.18 Å². The van der Waals surface area contributed by atoms with Crippen molar-refractivity contribution in [3.8, 4) is 5.75 Å². The summed E-state index contributed by atoms with van der Waals surface area (Å²) in [5.41, 5.74) is -0.168. The number of hydrogen-bond donors (Lipinski definition) is 2. The molecule has 2 N–H and O–H groups in total. The van der Waals surface area contributed by atoms with Crippen molar-refractivity contribution in [2.45, 2.75) is 6.92 Å². The summed E-state index contributed by atoms with van der Waals surface area (Å²) in [7, 11) is 1.46. The fourth-order valence-electron chi connectivity index (χ4n) is 1.20. The third-order valence-electron chi connectivity index (χ3n) is 2.00. The van der Waals surface area contributed by atoms with Crippen LogP contribution in [0.4, 0.5) is 5.69 Å². The van der Waals surface area contributed by atoms with E-state index in [1.807, 2.05) is 0 Å². The van der Waals surface area contributed by atoms with E-state index in [2.05, 4.69) is 10.5 Å². The van der Waals surface area contributed by atoms with Gasteiger partial charge in [-0.25, -0.2) is 0 Å². The van der Waals surface area contributed by atoms with Crippen LogP contribution in [-0.2, 0) is 4.79 Å². The average Bonchev–Trinajstić information content (AvgIpc) is 2.30. The van der Waals surface area contributed by atoms with Crippen LogP contribution in [0.5, 0.6) is 5.75 Å². The maximum atomic E-state index is 11.6. The fourth-order valence-corrected chi connectivity index (χ4v) is 1.20. The first-order chi connectivity index (χ1) is 8.10. The van der Waals surface area contributed by atoms with Crippen LogP contribution in [0.1, 0.15) is 6.92 Å². The minimum absolute atomic E-state index is 0.391. The van der Waals surface area contributed by atoms with Gasteiger partial charge in [-0.05, 0) is 24.2 Å². The zero-order valence-electron chi connectivity index (χ0n) is 9.43. The van der Waals surface area contributed by atoms with Crippen molar-refractivity contribution in [3.63, 3.8) is 0 Å². The van der Waals surface area contributed by atoms with Gasteiger partial charge < -0.3 is 15.2 Å². The van der Waals surface area contributed by atoms with E-state index in [0.29, 0.717) is 11.4 Å². The molecule has 1 rings (SSSR count). The van der Waals surface area contributed by atoms with E-state index < -0.39 is 17.4 Å². The van der Waals surface area contributed by atoms with Crippen LogP contribution < -0.4 is 10.1 Å². The van der Waals surface area contributed by atoms with Crippen molar-refractivity contribution in [3.05, 3.63) is 40.6 Å². The molecule has 6 heteroatoms. The van der Waals surface area contributed by atoms with Crippen LogP contribution in [0.15, 0.2) is 40.9 Å². The van der Waals surface area contributed by atoms with Crippen molar-refractivity contribution in [1.82, 2.24) is 0 Å². The lowest BCUT2D eigenvalue weighted by atomic mass is 10.2. The highest BCUT2D eigenvalue weighted by molar-refractivity contribution is 6.04. The van der Waals surface area contributed by atoms with Gasteiger partial charge in [0.05, 0.1) is 12.8 Å². The number of carbonyl (C=O) groups is 1. The molecule has 1 aromatic carbocycles. The van der Waals surface area contributed by atoms with Gasteiger partial charge in [-0.1, -0.05) is 12.1 Å². The molecule has 0 heterocycles. The lowest BCUT2D eigenvalue weighted by molar-refractivity contribution is -0.113. The van der Waals surface area contributed by atoms with Gasteiger partial charge in [0.25, 0.3) is 5.91 Å². The van der Waals surface area contributed by atoms with Crippen LogP contribution in [-0.4, -0.2) is 18.1 Å². The monoisotopic (exact) mass is 236 g/mol. The standard InChI is InChI=1S/C11H12N2O4/c1-7(14)10(13-16)11(15)12-8-5-3-4-6-9(8)17-2/h3-6,14H,1-2H3,(H,12,15). The number of carbonyl (C=O) groups excluding carboxylic acids is 1. The Morgan fingerprint density at radius 1 is 1.41 bits per heavy atom. The number of nitroso groups, excluding NO2 is 1. The van der Waals surface area contributed by atoms with E-state index in [1.54, 1.807) is 24.3 Å². The Morgan fingerprint density at radius 3 is 2.59 bits per heavy atom. The summed E-state index contributed by atoms with van der Waals surface area (Å²) in [5, 5.41) is 14.0. The van der Waals surface area contributed by atoms with Gasteiger partial charge in [-0.15, -0.1) is 4.91 Å². The van der Waals surface area contributed by atoms with E-state index in [9.17, 15) is 9.70 Å². The van der Waals surface area contributed by atoms with Crippen LogP contribution in [0.2, 0.25) is 0 Å². The van der Waals surface area contributed by atoms with Gasteiger partial charge in [0.2, 0.25) is 5.70 Å². The van der Waals surface area contributed by atoms with Crippen LogP contribution in [0, 0.1) is 4.91 Å². The molecule has 0 atom stereocenters.